The van der Waals surface area contributed by atoms with Crippen LogP contribution in [-0.4, -0.2) is 27.0 Å². The molecule has 0 saturated heterocycles. The SMILES string of the molecule is CC(C)C[C@@H](NCc1csc(-c2cccc([N+](=O)[O-])c2)n1)C(=O)O. The number of nitrogens with one attached hydrogen (secondary N) is 1. The van der Waals surface area contributed by atoms with E-state index in [1.807, 2.05) is 19.2 Å². The molecule has 128 valence electrons. The van der Waals surface area contributed by atoms with Gasteiger partial charge >= 0.3 is 5.97 Å². The molecule has 0 fully saturated rings. The number of non-ortho nitro benzene ring substituents is 1. The molecule has 2 aromatic rings. The average Bonchev–Trinajstić information content (AvgIpc) is 3.00. The van der Waals surface area contributed by atoms with Gasteiger partial charge in [-0.2, -0.15) is 0 Å². The summed E-state index contributed by atoms with van der Waals surface area (Å²) in [5.74, 6) is -0.604. The molecule has 1 aromatic carbocycles. The first-order chi connectivity index (χ1) is 11.4. The number of hydrogen-bond acceptors (Lipinski definition) is 6. The highest BCUT2D eigenvalue weighted by Crippen LogP contribution is 2.26. The highest BCUT2D eigenvalue weighted by atomic mass is 32.1. The Morgan fingerprint density at radius 3 is 2.83 bits per heavy atom. The molecule has 0 bridgehead atoms. The molecular formula is C16H19N3O4S. The molecule has 2 N–H and O–H groups in total. The van der Waals surface area contributed by atoms with Gasteiger partial charge in [0.1, 0.15) is 11.0 Å². The number of hydrogen-bond donors (Lipinski definition) is 2. The van der Waals surface area contributed by atoms with Gasteiger partial charge in [-0.3, -0.25) is 20.2 Å². The van der Waals surface area contributed by atoms with Crippen molar-refractivity contribution in [3.8, 4) is 10.6 Å². The highest BCUT2D eigenvalue weighted by molar-refractivity contribution is 7.13. The van der Waals surface area contributed by atoms with Crippen molar-refractivity contribution < 1.29 is 14.8 Å². The van der Waals surface area contributed by atoms with Crippen LogP contribution in [-0.2, 0) is 11.3 Å². The van der Waals surface area contributed by atoms with Crippen LogP contribution in [0.15, 0.2) is 29.6 Å². The number of aliphatic carboxylic acids is 1. The van der Waals surface area contributed by atoms with E-state index in [2.05, 4.69) is 10.3 Å². The number of nitrogens with zero attached hydrogens (tertiary/aromatic N) is 2. The first-order valence-electron chi connectivity index (χ1n) is 7.52. The summed E-state index contributed by atoms with van der Waals surface area (Å²) in [7, 11) is 0. The van der Waals surface area contributed by atoms with E-state index in [1.54, 1.807) is 12.1 Å². The van der Waals surface area contributed by atoms with Crippen LogP contribution in [0.25, 0.3) is 10.6 Å². The molecule has 0 aliphatic carbocycles. The van der Waals surface area contributed by atoms with Crippen molar-refractivity contribution in [2.45, 2.75) is 32.9 Å². The molecule has 0 radical (unpaired) electrons. The van der Waals surface area contributed by atoms with Gasteiger partial charge in [0.25, 0.3) is 5.69 Å². The molecule has 8 heteroatoms. The maximum atomic E-state index is 11.2. The van der Waals surface area contributed by atoms with Gasteiger partial charge in [-0.15, -0.1) is 11.3 Å². The zero-order valence-electron chi connectivity index (χ0n) is 13.4. The van der Waals surface area contributed by atoms with E-state index in [9.17, 15) is 20.0 Å². The van der Waals surface area contributed by atoms with E-state index in [0.29, 0.717) is 23.5 Å². The number of benzene rings is 1. The van der Waals surface area contributed by atoms with E-state index in [1.165, 1.54) is 23.5 Å². The summed E-state index contributed by atoms with van der Waals surface area (Å²) >= 11 is 1.38. The number of nitro groups is 1. The summed E-state index contributed by atoms with van der Waals surface area (Å²) in [4.78, 5) is 26.1. The molecule has 0 saturated carbocycles. The number of carboxylic acids is 1. The Bertz CT molecular complexity index is 730. The maximum Gasteiger partial charge on any atom is 0.320 e. The van der Waals surface area contributed by atoms with Crippen molar-refractivity contribution in [1.29, 1.82) is 0 Å². The van der Waals surface area contributed by atoms with Crippen LogP contribution in [0.1, 0.15) is 26.0 Å². The summed E-state index contributed by atoms with van der Waals surface area (Å²) in [6.07, 6.45) is 0.539. The number of nitro benzene ring substituents is 1. The van der Waals surface area contributed by atoms with Crippen LogP contribution in [0, 0.1) is 16.0 Å². The van der Waals surface area contributed by atoms with Gasteiger partial charge in [0, 0.05) is 29.6 Å². The van der Waals surface area contributed by atoms with Gasteiger partial charge < -0.3 is 5.11 Å². The minimum absolute atomic E-state index is 0.0187. The van der Waals surface area contributed by atoms with Crippen molar-refractivity contribution in [1.82, 2.24) is 10.3 Å². The summed E-state index contributed by atoms with van der Waals surface area (Å²) in [5, 5.41) is 25.6. The number of aromatic nitrogens is 1. The monoisotopic (exact) mass is 349 g/mol. The standard InChI is InChI=1S/C16H19N3O4S/c1-10(2)6-14(16(20)21)17-8-12-9-24-15(18-12)11-4-3-5-13(7-11)19(22)23/h3-5,7,9-10,14,17H,6,8H2,1-2H3,(H,20,21)/t14-/m1/s1. The fraction of sp³-hybridized carbons (Fsp3) is 0.375. The smallest absolute Gasteiger partial charge is 0.320 e. The normalized spacial score (nSPS) is 12.3. The first kappa shape index (κ1) is 18.0. The number of carboxylic acid groups (broad SMARTS) is 1. The zero-order valence-corrected chi connectivity index (χ0v) is 14.2. The van der Waals surface area contributed by atoms with Crippen LogP contribution in [0.5, 0.6) is 0 Å². The Morgan fingerprint density at radius 1 is 1.46 bits per heavy atom. The van der Waals surface area contributed by atoms with Gasteiger partial charge in [0.2, 0.25) is 0 Å². The topological polar surface area (TPSA) is 105 Å². The van der Waals surface area contributed by atoms with Gasteiger partial charge in [0.15, 0.2) is 0 Å². The van der Waals surface area contributed by atoms with Crippen molar-refractivity contribution in [3.05, 3.63) is 45.5 Å². The van der Waals surface area contributed by atoms with Crippen LogP contribution >= 0.6 is 11.3 Å². The minimum Gasteiger partial charge on any atom is -0.480 e. The van der Waals surface area contributed by atoms with Gasteiger partial charge in [-0.05, 0) is 12.3 Å². The summed E-state index contributed by atoms with van der Waals surface area (Å²) < 4.78 is 0. The Kier molecular flexibility index (Phi) is 5.99. The predicted molar refractivity (Wildman–Crippen MR) is 91.9 cm³/mol. The Labute approximate surface area is 143 Å². The van der Waals surface area contributed by atoms with Gasteiger partial charge in [-0.25, -0.2) is 4.98 Å². The summed E-state index contributed by atoms with van der Waals surface area (Å²) in [6, 6.07) is 5.68. The van der Waals surface area contributed by atoms with Crippen LogP contribution < -0.4 is 5.32 Å². The van der Waals surface area contributed by atoms with E-state index in [4.69, 9.17) is 0 Å². The van der Waals surface area contributed by atoms with E-state index in [-0.39, 0.29) is 11.6 Å². The lowest BCUT2D eigenvalue weighted by Crippen LogP contribution is -2.37. The third-order valence-corrected chi connectivity index (χ3v) is 4.33. The van der Waals surface area contributed by atoms with Gasteiger partial charge in [0.05, 0.1) is 10.6 Å². The van der Waals surface area contributed by atoms with Crippen molar-refractivity contribution in [2.24, 2.45) is 5.92 Å². The fourth-order valence-corrected chi connectivity index (χ4v) is 3.06. The molecule has 0 unspecified atom stereocenters. The average molecular weight is 349 g/mol. The third-order valence-electron chi connectivity index (χ3n) is 3.39. The number of carbonyl (C=O) groups is 1. The van der Waals surface area contributed by atoms with Crippen molar-refractivity contribution >= 4 is 23.0 Å². The summed E-state index contributed by atoms with van der Waals surface area (Å²) in [5.41, 5.74) is 1.42. The van der Waals surface area contributed by atoms with Crippen LogP contribution in [0.2, 0.25) is 0 Å². The molecule has 7 nitrogen and oxygen atoms in total. The Hall–Kier alpha value is -2.32. The van der Waals surface area contributed by atoms with Crippen LogP contribution in [0.3, 0.4) is 0 Å². The molecule has 2 rings (SSSR count). The molecule has 0 aliphatic rings. The lowest BCUT2D eigenvalue weighted by Gasteiger charge is -2.15. The fourth-order valence-electron chi connectivity index (χ4n) is 2.24. The van der Waals surface area contributed by atoms with Crippen molar-refractivity contribution in [2.75, 3.05) is 0 Å². The van der Waals surface area contributed by atoms with E-state index >= 15 is 0 Å². The predicted octanol–water partition coefficient (Wildman–Crippen LogP) is 3.31. The second-order valence-corrected chi connectivity index (χ2v) is 6.71. The lowest BCUT2D eigenvalue weighted by molar-refractivity contribution is -0.384. The van der Waals surface area contributed by atoms with Crippen LogP contribution in [0.4, 0.5) is 5.69 Å². The number of thiazole rings is 1. The molecule has 0 aliphatic heterocycles. The molecule has 1 heterocycles. The lowest BCUT2D eigenvalue weighted by atomic mass is 10.0. The summed E-state index contributed by atoms with van der Waals surface area (Å²) in [6.45, 7) is 4.29. The third kappa shape index (κ3) is 4.84. The quantitative estimate of drug-likeness (QED) is 0.559. The number of rotatable bonds is 8. The van der Waals surface area contributed by atoms with Gasteiger partial charge in [-0.1, -0.05) is 26.0 Å². The molecule has 0 spiro atoms. The van der Waals surface area contributed by atoms with E-state index in [0.717, 1.165) is 5.69 Å². The van der Waals surface area contributed by atoms with E-state index < -0.39 is 16.9 Å². The Balaban J connectivity index is 2.06. The molecule has 1 atom stereocenters. The second-order valence-electron chi connectivity index (χ2n) is 5.85. The molecular weight excluding hydrogens is 330 g/mol. The zero-order chi connectivity index (χ0) is 17.7. The first-order valence-corrected chi connectivity index (χ1v) is 8.40. The largest absolute Gasteiger partial charge is 0.480 e. The molecule has 24 heavy (non-hydrogen) atoms. The highest BCUT2D eigenvalue weighted by Gasteiger charge is 2.18. The molecule has 0 amide bonds. The molecule has 1 aromatic heterocycles. The Morgan fingerprint density at radius 2 is 2.21 bits per heavy atom. The second kappa shape index (κ2) is 7.98. The minimum atomic E-state index is -0.877. The van der Waals surface area contributed by atoms with Crippen molar-refractivity contribution in [3.63, 3.8) is 0 Å². The maximum absolute atomic E-state index is 11.2.